The summed E-state index contributed by atoms with van der Waals surface area (Å²) in [4.78, 5) is 11.6. The lowest BCUT2D eigenvalue weighted by Crippen LogP contribution is -2.28. The zero-order chi connectivity index (χ0) is 21.4. The molecule has 1 unspecified atom stereocenters. The van der Waals surface area contributed by atoms with Gasteiger partial charge in [-0.05, 0) is 56.2 Å². The van der Waals surface area contributed by atoms with Crippen molar-refractivity contribution in [2.45, 2.75) is 26.8 Å². The van der Waals surface area contributed by atoms with Crippen molar-refractivity contribution in [2.75, 3.05) is 23.3 Å². The summed E-state index contributed by atoms with van der Waals surface area (Å²) in [6, 6.07) is 18.7. The fourth-order valence-corrected chi connectivity index (χ4v) is 4.37. The third-order valence-electron chi connectivity index (χ3n) is 6.02. The quantitative estimate of drug-likeness (QED) is 0.570. The number of allylic oxidation sites excluding steroid dienone is 1. The number of hydrogen-bond donors (Lipinski definition) is 1. The van der Waals surface area contributed by atoms with Gasteiger partial charge in [0.05, 0.1) is 11.7 Å². The molecule has 0 saturated carbocycles. The number of benzene rings is 2. The van der Waals surface area contributed by atoms with Gasteiger partial charge in [0.15, 0.2) is 11.5 Å². The second kappa shape index (κ2) is 7.91. The van der Waals surface area contributed by atoms with E-state index in [1.165, 1.54) is 5.56 Å². The van der Waals surface area contributed by atoms with E-state index in [9.17, 15) is 0 Å². The predicted octanol–water partition coefficient (Wildman–Crippen LogP) is 5.88. The van der Waals surface area contributed by atoms with E-state index in [1.54, 1.807) is 6.20 Å². The lowest BCUT2D eigenvalue weighted by Gasteiger charge is -2.33. The highest BCUT2D eigenvalue weighted by atomic mass is 16.5. The molecule has 1 N–H and O–H groups in total. The molecule has 31 heavy (non-hydrogen) atoms. The largest absolute Gasteiger partial charge is 0.453 e. The molecule has 2 heterocycles. The number of nitrogens with one attached hydrogen (secondary N) is 1. The molecule has 0 fully saturated rings. The Balaban J connectivity index is 1.61. The average molecular weight is 411 g/mol. The molecule has 0 spiro atoms. The Morgan fingerprint density at radius 1 is 1.03 bits per heavy atom. The molecular formula is C26H26N4O. The zero-order valence-corrected chi connectivity index (χ0v) is 18.1. The van der Waals surface area contributed by atoms with Gasteiger partial charge < -0.3 is 15.0 Å². The summed E-state index contributed by atoms with van der Waals surface area (Å²) >= 11 is 0. The minimum Gasteiger partial charge on any atom is -0.453 e. The van der Waals surface area contributed by atoms with Crippen molar-refractivity contribution in [3.63, 3.8) is 0 Å². The van der Waals surface area contributed by atoms with Crippen molar-refractivity contribution in [2.24, 2.45) is 4.99 Å². The van der Waals surface area contributed by atoms with Crippen molar-refractivity contribution >= 4 is 22.8 Å². The Labute approximate surface area is 183 Å². The Morgan fingerprint density at radius 2 is 1.87 bits per heavy atom. The molecule has 2 aromatic carbocycles. The highest BCUT2D eigenvalue weighted by Gasteiger charge is 2.34. The summed E-state index contributed by atoms with van der Waals surface area (Å²) in [6.45, 7) is 8.36. The number of aromatic nitrogens is 1. The van der Waals surface area contributed by atoms with Crippen LogP contribution in [-0.4, -0.2) is 23.8 Å². The molecule has 5 heteroatoms. The average Bonchev–Trinajstić information content (AvgIpc) is 2.82. The van der Waals surface area contributed by atoms with Gasteiger partial charge >= 0.3 is 0 Å². The molecule has 5 rings (SSSR count). The van der Waals surface area contributed by atoms with Crippen LogP contribution in [0.15, 0.2) is 83.3 Å². The summed E-state index contributed by atoms with van der Waals surface area (Å²) in [5.74, 6) is 1.64. The van der Waals surface area contributed by atoms with E-state index < -0.39 is 0 Å². The van der Waals surface area contributed by atoms with Crippen LogP contribution in [0.2, 0.25) is 0 Å². The summed E-state index contributed by atoms with van der Waals surface area (Å²) in [6.07, 6.45) is 3.63. The van der Waals surface area contributed by atoms with Crippen LogP contribution in [0, 0.1) is 0 Å². The van der Waals surface area contributed by atoms with Crippen LogP contribution in [0.5, 0.6) is 5.75 Å². The van der Waals surface area contributed by atoms with E-state index in [2.05, 4.69) is 78.4 Å². The number of rotatable bonds is 5. The van der Waals surface area contributed by atoms with E-state index in [-0.39, 0.29) is 6.04 Å². The maximum atomic E-state index is 6.52. The summed E-state index contributed by atoms with van der Waals surface area (Å²) in [7, 11) is 0. The van der Waals surface area contributed by atoms with Gasteiger partial charge in [0, 0.05) is 42.8 Å². The first-order valence-electron chi connectivity index (χ1n) is 10.8. The molecule has 156 valence electrons. The third-order valence-corrected chi connectivity index (χ3v) is 6.02. The number of nitrogens with zero attached hydrogens (tertiary/aromatic N) is 3. The van der Waals surface area contributed by atoms with E-state index >= 15 is 0 Å². The summed E-state index contributed by atoms with van der Waals surface area (Å²) < 4.78 is 6.52. The van der Waals surface area contributed by atoms with E-state index in [0.717, 1.165) is 58.5 Å². The first-order chi connectivity index (χ1) is 15.2. The number of ether oxygens (including phenoxy) is 1. The van der Waals surface area contributed by atoms with Crippen LogP contribution < -0.4 is 15.0 Å². The van der Waals surface area contributed by atoms with Crippen LogP contribution in [0.25, 0.3) is 0 Å². The number of hydrogen-bond acceptors (Lipinski definition) is 5. The van der Waals surface area contributed by atoms with E-state index in [4.69, 9.17) is 9.73 Å². The Bertz CT molecular complexity index is 1180. The Morgan fingerprint density at radius 3 is 2.65 bits per heavy atom. The van der Waals surface area contributed by atoms with Gasteiger partial charge in [0.2, 0.25) is 0 Å². The number of anilines is 2. The highest BCUT2D eigenvalue weighted by molar-refractivity contribution is 6.16. The van der Waals surface area contributed by atoms with Gasteiger partial charge in [-0.25, -0.2) is 4.99 Å². The topological polar surface area (TPSA) is 49.8 Å². The van der Waals surface area contributed by atoms with Gasteiger partial charge in [-0.15, -0.1) is 0 Å². The number of pyridine rings is 1. The van der Waals surface area contributed by atoms with Crippen LogP contribution in [0.1, 0.15) is 37.9 Å². The van der Waals surface area contributed by atoms with Gasteiger partial charge in [-0.3, -0.25) is 4.98 Å². The first-order valence-corrected chi connectivity index (χ1v) is 10.8. The van der Waals surface area contributed by atoms with Crippen molar-refractivity contribution in [1.82, 2.24) is 4.98 Å². The number of fused-ring (bicyclic) bond motifs is 4. The minimum absolute atomic E-state index is 0.0122. The molecule has 0 saturated heterocycles. The van der Waals surface area contributed by atoms with Crippen LogP contribution in [0.4, 0.5) is 17.1 Å². The standard InChI is InChI=1S/C26H26N4O/c1-4-30(5-2)19-12-13-22-23(15-19)31-26-17(3)24(28-18-9-8-14-27-16-18)20-10-6-7-11-21(20)25(26)29-22/h6-16,24,28H,4-5H2,1-3H3. The van der Waals surface area contributed by atoms with Crippen LogP contribution >= 0.6 is 0 Å². The number of aliphatic imine (C=N–C) groups is 1. The maximum Gasteiger partial charge on any atom is 0.155 e. The monoisotopic (exact) mass is 410 g/mol. The van der Waals surface area contributed by atoms with Gasteiger partial charge in [0.25, 0.3) is 0 Å². The predicted molar refractivity (Wildman–Crippen MR) is 127 cm³/mol. The van der Waals surface area contributed by atoms with Crippen molar-refractivity contribution < 1.29 is 4.74 Å². The Kier molecular flexibility index (Phi) is 4.94. The van der Waals surface area contributed by atoms with Crippen LogP contribution in [-0.2, 0) is 0 Å². The lowest BCUT2D eigenvalue weighted by atomic mass is 9.84. The normalized spacial score (nSPS) is 16.5. The SMILES string of the molecule is CCN(CC)c1ccc2c(c1)OC1=C(C)C(Nc3cccnc3)c3ccccc3C1=N2. The maximum absolute atomic E-state index is 6.52. The second-order valence-corrected chi connectivity index (χ2v) is 7.81. The molecule has 1 aromatic heterocycles. The van der Waals surface area contributed by atoms with Crippen molar-refractivity contribution in [1.29, 1.82) is 0 Å². The molecule has 1 aliphatic carbocycles. The summed E-state index contributed by atoms with van der Waals surface area (Å²) in [5.41, 5.74) is 7.31. The molecule has 0 amide bonds. The minimum atomic E-state index is -0.0122. The fraction of sp³-hybridized carbons (Fsp3) is 0.231. The van der Waals surface area contributed by atoms with Crippen molar-refractivity contribution in [3.8, 4) is 5.75 Å². The lowest BCUT2D eigenvalue weighted by molar-refractivity contribution is 0.438. The van der Waals surface area contributed by atoms with Gasteiger partial charge in [-0.1, -0.05) is 24.3 Å². The molecule has 3 aromatic rings. The van der Waals surface area contributed by atoms with Gasteiger partial charge in [0.1, 0.15) is 11.4 Å². The summed E-state index contributed by atoms with van der Waals surface area (Å²) in [5, 5.41) is 3.63. The molecule has 0 bridgehead atoms. The first kappa shape index (κ1) is 19.4. The third kappa shape index (κ3) is 3.36. The molecular weight excluding hydrogens is 384 g/mol. The molecule has 1 aliphatic heterocycles. The van der Waals surface area contributed by atoms with E-state index in [0.29, 0.717) is 0 Å². The smallest absolute Gasteiger partial charge is 0.155 e. The van der Waals surface area contributed by atoms with Gasteiger partial charge in [-0.2, -0.15) is 0 Å². The molecule has 2 aliphatic rings. The van der Waals surface area contributed by atoms with Crippen molar-refractivity contribution in [3.05, 3.63) is 89.5 Å². The highest BCUT2D eigenvalue weighted by Crippen LogP contribution is 2.44. The Hall–Kier alpha value is -3.60. The second-order valence-electron chi connectivity index (χ2n) is 7.81. The molecule has 1 atom stereocenters. The molecule has 5 nitrogen and oxygen atoms in total. The van der Waals surface area contributed by atoms with E-state index in [1.807, 2.05) is 18.3 Å². The fourth-order valence-electron chi connectivity index (χ4n) is 4.37. The van der Waals surface area contributed by atoms with Crippen LogP contribution in [0.3, 0.4) is 0 Å². The molecule has 0 radical (unpaired) electrons. The zero-order valence-electron chi connectivity index (χ0n) is 18.1.